The molecule has 0 aliphatic carbocycles. The first-order valence-corrected chi connectivity index (χ1v) is 10.7. The molecule has 0 bridgehead atoms. The van der Waals surface area contributed by atoms with Crippen LogP contribution in [0.4, 0.5) is 17.8 Å². The van der Waals surface area contributed by atoms with E-state index in [2.05, 4.69) is 51.2 Å². The van der Waals surface area contributed by atoms with Crippen LogP contribution in [0.1, 0.15) is 5.56 Å². The minimum atomic E-state index is -0.00471. The second kappa shape index (κ2) is 10.1. The van der Waals surface area contributed by atoms with Gasteiger partial charge in [0.05, 0.1) is 39.8 Å². The maximum Gasteiger partial charge on any atom is 0.250 e. The van der Waals surface area contributed by atoms with Crippen molar-refractivity contribution in [1.29, 1.82) is 0 Å². The fraction of sp³-hybridized carbons (Fsp3) is 0.474. The van der Waals surface area contributed by atoms with Crippen molar-refractivity contribution in [3.63, 3.8) is 0 Å². The summed E-state index contributed by atoms with van der Waals surface area (Å²) in [5.41, 5.74) is 3.34. The molecule has 0 atom stereocenters. The highest BCUT2D eigenvalue weighted by Gasteiger charge is 2.20. The molecule has 0 unspecified atom stereocenters. The molecular weight excluding hydrogens is 470 g/mol. The van der Waals surface area contributed by atoms with Gasteiger partial charge in [-0.25, -0.2) is 5.43 Å². The molecule has 0 spiro atoms. The van der Waals surface area contributed by atoms with E-state index in [4.69, 9.17) is 14.2 Å². The van der Waals surface area contributed by atoms with Crippen molar-refractivity contribution in [2.45, 2.75) is 0 Å². The Bertz CT molecular complexity index is 897. The van der Waals surface area contributed by atoms with E-state index in [9.17, 15) is 5.11 Å². The van der Waals surface area contributed by atoms with Gasteiger partial charge in [-0.05, 0) is 12.1 Å². The van der Waals surface area contributed by atoms with Crippen LogP contribution < -0.4 is 20.0 Å². The maximum atomic E-state index is 10.3. The average molecular weight is 494 g/mol. The number of ether oxygens (including phenoxy) is 3. The summed E-state index contributed by atoms with van der Waals surface area (Å²) in [6.07, 6.45) is 1.48. The lowest BCUT2D eigenvalue weighted by Crippen LogP contribution is -2.40. The van der Waals surface area contributed by atoms with Gasteiger partial charge in [-0.3, -0.25) is 0 Å². The molecule has 0 saturated carbocycles. The van der Waals surface area contributed by atoms with Crippen LogP contribution in [0.25, 0.3) is 0 Å². The summed E-state index contributed by atoms with van der Waals surface area (Å²) < 4.78 is 16.8. The molecule has 1 aromatic heterocycles. The van der Waals surface area contributed by atoms with Gasteiger partial charge in [-0.15, -0.1) is 0 Å². The molecule has 2 fully saturated rings. The highest BCUT2D eigenvalue weighted by molar-refractivity contribution is 9.10. The minimum absolute atomic E-state index is 0.00471. The van der Waals surface area contributed by atoms with Gasteiger partial charge in [0.15, 0.2) is 11.5 Å². The Balaban J connectivity index is 1.58. The largest absolute Gasteiger partial charge is 0.504 e. The molecule has 2 aromatic rings. The minimum Gasteiger partial charge on any atom is -0.504 e. The van der Waals surface area contributed by atoms with E-state index >= 15 is 0 Å². The van der Waals surface area contributed by atoms with Crippen LogP contribution in [0.3, 0.4) is 0 Å². The Morgan fingerprint density at radius 3 is 2.16 bits per heavy atom. The van der Waals surface area contributed by atoms with Crippen LogP contribution in [0.5, 0.6) is 11.5 Å². The SMILES string of the molecule is COc1cc(Br)cc(/C=N/Nc2nc(N3CCOCC3)nc(N3CCOCC3)n2)c1O. The van der Waals surface area contributed by atoms with Gasteiger partial charge < -0.3 is 29.1 Å². The molecule has 11 nitrogen and oxygen atoms in total. The van der Waals surface area contributed by atoms with Crippen LogP contribution in [-0.4, -0.2) is 86.0 Å². The normalized spacial score (nSPS) is 17.2. The highest BCUT2D eigenvalue weighted by atomic mass is 79.9. The number of benzene rings is 1. The van der Waals surface area contributed by atoms with Crippen molar-refractivity contribution in [2.75, 3.05) is 74.9 Å². The lowest BCUT2D eigenvalue weighted by Gasteiger charge is -2.30. The molecule has 31 heavy (non-hydrogen) atoms. The second-order valence-corrected chi connectivity index (χ2v) is 7.79. The first-order chi connectivity index (χ1) is 15.1. The molecule has 0 radical (unpaired) electrons. The molecule has 3 heterocycles. The number of hydrazone groups is 1. The summed E-state index contributed by atoms with van der Waals surface area (Å²) in [4.78, 5) is 17.8. The number of phenols is 1. The van der Waals surface area contributed by atoms with Gasteiger partial charge in [0.25, 0.3) is 0 Å². The van der Waals surface area contributed by atoms with E-state index in [1.807, 2.05) is 0 Å². The zero-order valence-corrected chi connectivity index (χ0v) is 18.7. The Morgan fingerprint density at radius 1 is 1.03 bits per heavy atom. The van der Waals surface area contributed by atoms with Crippen LogP contribution >= 0.6 is 15.9 Å². The lowest BCUT2D eigenvalue weighted by molar-refractivity contribution is 0.121. The van der Waals surface area contributed by atoms with Crippen molar-refractivity contribution < 1.29 is 19.3 Å². The van der Waals surface area contributed by atoms with Gasteiger partial charge in [0.2, 0.25) is 17.8 Å². The van der Waals surface area contributed by atoms with E-state index in [1.165, 1.54) is 13.3 Å². The molecule has 1 aromatic carbocycles. The number of halogens is 1. The molecule has 166 valence electrons. The van der Waals surface area contributed by atoms with Crippen molar-refractivity contribution in [3.8, 4) is 11.5 Å². The van der Waals surface area contributed by atoms with Crippen LogP contribution in [0.15, 0.2) is 21.7 Å². The van der Waals surface area contributed by atoms with E-state index in [1.54, 1.807) is 12.1 Å². The molecule has 2 N–H and O–H groups in total. The summed E-state index contributed by atoms with van der Waals surface area (Å²) in [6.45, 7) is 5.35. The topological polar surface area (TPSA) is 117 Å². The third kappa shape index (κ3) is 5.32. The third-order valence-electron chi connectivity index (χ3n) is 4.86. The molecular formula is C19H24BrN7O4. The van der Waals surface area contributed by atoms with Gasteiger partial charge in [-0.2, -0.15) is 20.1 Å². The number of nitrogens with one attached hydrogen (secondary N) is 1. The number of morpholine rings is 2. The van der Waals surface area contributed by atoms with Gasteiger partial charge in [0.1, 0.15) is 0 Å². The van der Waals surface area contributed by atoms with Gasteiger partial charge in [-0.1, -0.05) is 15.9 Å². The Morgan fingerprint density at radius 2 is 1.61 bits per heavy atom. The predicted octanol–water partition coefficient (Wildman–Crippen LogP) is 1.47. The summed E-state index contributed by atoms with van der Waals surface area (Å²) in [7, 11) is 1.49. The van der Waals surface area contributed by atoms with E-state index in [-0.39, 0.29) is 5.75 Å². The first-order valence-electron chi connectivity index (χ1n) is 9.91. The molecule has 0 amide bonds. The molecule has 2 aliphatic heterocycles. The van der Waals surface area contributed by atoms with Gasteiger partial charge in [0, 0.05) is 36.2 Å². The van der Waals surface area contributed by atoms with E-state index in [0.29, 0.717) is 81.8 Å². The molecule has 2 saturated heterocycles. The monoisotopic (exact) mass is 493 g/mol. The number of hydrogen-bond donors (Lipinski definition) is 2. The maximum absolute atomic E-state index is 10.3. The number of methoxy groups -OCH3 is 1. The Hall–Kier alpha value is -2.70. The van der Waals surface area contributed by atoms with E-state index in [0.717, 1.165) is 4.47 Å². The zero-order chi connectivity index (χ0) is 21.6. The number of hydrogen-bond acceptors (Lipinski definition) is 11. The highest BCUT2D eigenvalue weighted by Crippen LogP contribution is 2.32. The van der Waals surface area contributed by atoms with Crippen molar-refractivity contribution in [1.82, 2.24) is 15.0 Å². The lowest BCUT2D eigenvalue weighted by atomic mass is 10.2. The Labute approximate surface area is 188 Å². The third-order valence-corrected chi connectivity index (χ3v) is 5.31. The summed E-state index contributed by atoms with van der Waals surface area (Å²) in [6, 6.07) is 3.41. The molecule has 12 heteroatoms. The number of aromatic nitrogens is 3. The predicted molar refractivity (Wildman–Crippen MR) is 119 cm³/mol. The first kappa shape index (κ1) is 21.5. The number of rotatable bonds is 6. The quantitative estimate of drug-likeness (QED) is 0.452. The number of phenolic OH excluding ortho intramolecular Hbond substituents is 1. The smallest absolute Gasteiger partial charge is 0.250 e. The van der Waals surface area contributed by atoms with Crippen LogP contribution in [0, 0.1) is 0 Å². The number of nitrogens with zero attached hydrogens (tertiary/aromatic N) is 6. The molecule has 4 rings (SSSR count). The fourth-order valence-corrected chi connectivity index (χ4v) is 3.68. The zero-order valence-electron chi connectivity index (χ0n) is 17.1. The van der Waals surface area contributed by atoms with Crippen molar-refractivity contribution >= 4 is 40.0 Å². The standard InChI is InChI=1S/C19H24BrN7O4/c1-29-15-11-14(20)10-13(16(15)28)12-21-25-17-22-18(26-2-6-30-7-3-26)24-19(23-17)27-4-8-31-9-5-27/h10-12,28H,2-9H2,1H3,(H,22,23,24,25)/b21-12+. The summed E-state index contributed by atoms with van der Waals surface area (Å²) >= 11 is 3.39. The Kier molecular flexibility index (Phi) is 6.99. The van der Waals surface area contributed by atoms with Crippen LogP contribution in [0.2, 0.25) is 0 Å². The molecule has 2 aliphatic rings. The van der Waals surface area contributed by atoms with E-state index < -0.39 is 0 Å². The average Bonchev–Trinajstić information content (AvgIpc) is 2.82. The van der Waals surface area contributed by atoms with Crippen LogP contribution in [-0.2, 0) is 9.47 Å². The number of aromatic hydroxyl groups is 1. The summed E-state index contributed by atoms with van der Waals surface area (Å²) in [5.74, 6) is 1.81. The number of anilines is 3. The van der Waals surface area contributed by atoms with Crippen molar-refractivity contribution in [2.24, 2.45) is 5.10 Å². The van der Waals surface area contributed by atoms with Crippen molar-refractivity contribution in [3.05, 3.63) is 22.2 Å². The summed E-state index contributed by atoms with van der Waals surface area (Å²) in [5, 5.41) is 14.5. The van der Waals surface area contributed by atoms with Gasteiger partial charge >= 0.3 is 0 Å². The fourth-order valence-electron chi connectivity index (χ4n) is 3.22. The second-order valence-electron chi connectivity index (χ2n) is 6.87.